The topological polar surface area (TPSA) is 15.3 Å². The Morgan fingerprint density at radius 1 is 1.12 bits per heavy atom. The van der Waals surface area contributed by atoms with Crippen molar-refractivity contribution in [3.63, 3.8) is 0 Å². The molecule has 1 N–H and O–H groups in total. The summed E-state index contributed by atoms with van der Waals surface area (Å²) in [5, 5.41) is 3.75. The second kappa shape index (κ2) is 6.75. The fourth-order valence-corrected chi connectivity index (χ4v) is 2.90. The molecular formula is C15H32N2. The van der Waals surface area contributed by atoms with Gasteiger partial charge < -0.3 is 5.32 Å². The van der Waals surface area contributed by atoms with E-state index >= 15 is 0 Å². The molecule has 0 amide bonds. The predicted octanol–water partition coefficient (Wildman–Crippen LogP) is 3.42. The zero-order valence-corrected chi connectivity index (χ0v) is 12.6. The molecule has 1 aliphatic rings. The lowest BCUT2D eigenvalue weighted by Crippen LogP contribution is -2.51. The fourth-order valence-electron chi connectivity index (χ4n) is 2.90. The van der Waals surface area contributed by atoms with E-state index in [1.165, 1.54) is 45.2 Å². The average molecular weight is 240 g/mol. The Bertz CT molecular complexity index is 211. The Morgan fingerprint density at radius 3 is 2.24 bits per heavy atom. The summed E-state index contributed by atoms with van der Waals surface area (Å²) in [5.41, 5.74) is 0.412. The average Bonchev–Trinajstić information content (AvgIpc) is 2.33. The van der Waals surface area contributed by atoms with Gasteiger partial charge in [-0.25, -0.2) is 0 Å². The van der Waals surface area contributed by atoms with Gasteiger partial charge in [0.25, 0.3) is 0 Å². The third-order valence-electron chi connectivity index (χ3n) is 4.88. The van der Waals surface area contributed by atoms with Crippen LogP contribution in [0.4, 0.5) is 0 Å². The van der Waals surface area contributed by atoms with Crippen LogP contribution in [0.2, 0.25) is 0 Å². The summed E-state index contributed by atoms with van der Waals surface area (Å²) >= 11 is 0. The molecule has 0 aromatic carbocycles. The molecule has 2 unspecified atom stereocenters. The molecule has 2 atom stereocenters. The summed E-state index contributed by atoms with van der Waals surface area (Å²) in [6.45, 7) is 14.3. The molecule has 2 heteroatoms. The van der Waals surface area contributed by atoms with Crippen molar-refractivity contribution in [1.82, 2.24) is 10.2 Å². The molecule has 0 radical (unpaired) electrons. The normalized spacial score (nSPS) is 28.8. The summed E-state index contributed by atoms with van der Waals surface area (Å²) in [6, 6.07) is 1.38. The minimum absolute atomic E-state index is 0.412. The predicted molar refractivity (Wildman–Crippen MR) is 76.5 cm³/mol. The van der Waals surface area contributed by atoms with Crippen LogP contribution in [0.1, 0.15) is 66.7 Å². The summed E-state index contributed by atoms with van der Waals surface area (Å²) in [5.74, 6) is 0. The van der Waals surface area contributed by atoms with Crippen molar-refractivity contribution in [2.24, 2.45) is 0 Å². The van der Waals surface area contributed by atoms with Gasteiger partial charge in [0.2, 0.25) is 0 Å². The van der Waals surface area contributed by atoms with Crippen molar-refractivity contribution in [2.45, 2.75) is 84.3 Å². The third kappa shape index (κ3) is 3.96. The van der Waals surface area contributed by atoms with Crippen molar-refractivity contribution in [3.8, 4) is 0 Å². The fraction of sp³-hybridized carbons (Fsp3) is 1.00. The molecule has 102 valence electrons. The minimum atomic E-state index is 0.412. The van der Waals surface area contributed by atoms with E-state index in [2.05, 4.69) is 44.8 Å². The van der Waals surface area contributed by atoms with E-state index in [0.717, 1.165) is 0 Å². The van der Waals surface area contributed by atoms with Gasteiger partial charge in [-0.3, -0.25) is 4.90 Å². The second-order valence-corrected chi connectivity index (χ2v) is 5.94. The lowest BCUT2D eigenvalue weighted by atomic mass is 9.91. The van der Waals surface area contributed by atoms with E-state index in [4.69, 9.17) is 0 Å². The van der Waals surface area contributed by atoms with Crippen LogP contribution in [-0.2, 0) is 0 Å². The zero-order chi connectivity index (χ0) is 12.9. The van der Waals surface area contributed by atoms with Gasteiger partial charge in [-0.05, 0) is 46.0 Å². The Balaban J connectivity index is 2.66. The van der Waals surface area contributed by atoms with Crippen LogP contribution >= 0.6 is 0 Å². The highest BCUT2D eigenvalue weighted by atomic mass is 15.2. The van der Waals surface area contributed by atoms with E-state index in [1.807, 2.05) is 0 Å². The number of rotatable bonds is 4. The van der Waals surface area contributed by atoms with E-state index in [-0.39, 0.29) is 0 Å². The third-order valence-corrected chi connectivity index (χ3v) is 4.88. The summed E-state index contributed by atoms with van der Waals surface area (Å²) < 4.78 is 0. The standard InChI is InChI=1S/C15H32N2/c1-6-14-10-12-17(11-9-13(4)16-14)15(5,7-2)8-3/h13-14,16H,6-12H2,1-5H3. The minimum Gasteiger partial charge on any atom is -0.311 e. The quantitative estimate of drug-likeness (QED) is 0.810. The highest BCUT2D eigenvalue weighted by molar-refractivity contribution is 4.87. The molecule has 0 aliphatic carbocycles. The molecule has 0 aromatic heterocycles. The van der Waals surface area contributed by atoms with Gasteiger partial charge in [-0.2, -0.15) is 0 Å². The first-order chi connectivity index (χ1) is 8.05. The molecule has 0 spiro atoms. The van der Waals surface area contributed by atoms with Crippen molar-refractivity contribution in [1.29, 1.82) is 0 Å². The number of nitrogens with zero attached hydrogens (tertiary/aromatic N) is 1. The molecule has 1 saturated heterocycles. The van der Waals surface area contributed by atoms with Crippen LogP contribution in [0.15, 0.2) is 0 Å². The van der Waals surface area contributed by atoms with Gasteiger partial charge in [0.15, 0.2) is 0 Å². The maximum atomic E-state index is 3.75. The number of hydrogen-bond acceptors (Lipinski definition) is 2. The van der Waals surface area contributed by atoms with E-state index in [9.17, 15) is 0 Å². The molecule has 1 aliphatic heterocycles. The smallest absolute Gasteiger partial charge is 0.0176 e. The largest absolute Gasteiger partial charge is 0.311 e. The second-order valence-electron chi connectivity index (χ2n) is 5.94. The molecular weight excluding hydrogens is 208 g/mol. The summed E-state index contributed by atoms with van der Waals surface area (Å²) in [6.07, 6.45) is 6.37. The van der Waals surface area contributed by atoms with Gasteiger partial charge in [-0.1, -0.05) is 20.8 Å². The summed E-state index contributed by atoms with van der Waals surface area (Å²) in [4.78, 5) is 2.74. The Hall–Kier alpha value is -0.0800. The Kier molecular flexibility index (Phi) is 5.94. The van der Waals surface area contributed by atoms with Crippen LogP contribution in [0.25, 0.3) is 0 Å². The highest BCUT2D eigenvalue weighted by Crippen LogP contribution is 2.25. The van der Waals surface area contributed by atoms with Gasteiger partial charge in [0, 0.05) is 30.7 Å². The van der Waals surface area contributed by atoms with Crippen LogP contribution in [0, 0.1) is 0 Å². The van der Waals surface area contributed by atoms with Crippen LogP contribution < -0.4 is 5.32 Å². The molecule has 0 bridgehead atoms. The molecule has 1 heterocycles. The molecule has 0 aromatic rings. The first-order valence-corrected chi connectivity index (χ1v) is 7.56. The van der Waals surface area contributed by atoms with Gasteiger partial charge >= 0.3 is 0 Å². The maximum Gasteiger partial charge on any atom is 0.0176 e. The number of nitrogens with one attached hydrogen (secondary N) is 1. The SMILES string of the molecule is CCC1CCN(C(C)(CC)CC)CCC(C)N1. The van der Waals surface area contributed by atoms with E-state index in [1.54, 1.807) is 0 Å². The van der Waals surface area contributed by atoms with Crippen molar-refractivity contribution < 1.29 is 0 Å². The van der Waals surface area contributed by atoms with E-state index < -0.39 is 0 Å². The lowest BCUT2D eigenvalue weighted by molar-refractivity contribution is 0.0750. The number of hydrogen-bond donors (Lipinski definition) is 1. The van der Waals surface area contributed by atoms with Gasteiger partial charge in [0.05, 0.1) is 0 Å². The first-order valence-electron chi connectivity index (χ1n) is 7.56. The Morgan fingerprint density at radius 2 is 1.71 bits per heavy atom. The molecule has 1 fully saturated rings. The molecule has 2 nitrogen and oxygen atoms in total. The van der Waals surface area contributed by atoms with Crippen LogP contribution in [0.3, 0.4) is 0 Å². The first kappa shape index (κ1) is 15.0. The van der Waals surface area contributed by atoms with Crippen molar-refractivity contribution in [3.05, 3.63) is 0 Å². The molecule has 0 saturated carbocycles. The summed E-state index contributed by atoms with van der Waals surface area (Å²) in [7, 11) is 0. The molecule has 1 rings (SSSR count). The van der Waals surface area contributed by atoms with Gasteiger partial charge in [0.1, 0.15) is 0 Å². The molecule has 17 heavy (non-hydrogen) atoms. The lowest BCUT2D eigenvalue weighted by Gasteiger charge is -2.43. The van der Waals surface area contributed by atoms with Crippen molar-refractivity contribution >= 4 is 0 Å². The van der Waals surface area contributed by atoms with Crippen LogP contribution in [0.5, 0.6) is 0 Å². The van der Waals surface area contributed by atoms with Crippen LogP contribution in [-0.4, -0.2) is 35.6 Å². The maximum absolute atomic E-state index is 3.75. The highest BCUT2D eigenvalue weighted by Gasteiger charge is 2.29. The monoisotopic (exact) mass is 240 g/mol. The van der Waals surface area contributed by atoms with Crippen molar-refractivity contribution in [2.75, 3.05) is 13.1 Å². The Labute approximate surface area is 108 Å². The zero-order valence-electron chi connectivity index (χ0n) is 12.6. The van der Waals surface area contributed by atoms with Gasteiger partial charge in [-0.15, -0.1) is 0 Å². The van der Waals surface area contributed by atoms with E-state index in [0.29, 0.717) is 17.6 Å².